The maximum Gasteiger partial charge on any atom is 0.293 e. The summed E-state index contributed by atoms with van der Waals surface area (Å²) in [7, 11) is 0. The highest BCUT2D eigenvalue weighted by molar-refractivity contribution is 5.90. The Balaban J connectivity index is 0.000000191. The minimum absolute atomic E-state index is 0.237. The Morgan fingerprint density at radius 1 is 1.37 bits per heavy atom. The predicted octanol–water partition coefficient (Wildman–Crippen LogP) is 2.20. The quantitative estimate of drug-likeness (QED) is 0.844. The van der Waals surface area contributed by atoms with Gasteiger partial charge in [-0.15, -0.1) is 0 Å². The van der Waals surface area contributed by atoms with E-state index in [0.717, 1.165) is 12.0 Å². The number of ether oxygens (including phenoxy) is 1. The van der Waals surface area contributed by atoms with Gasteiger partial charge in [-0.25, -0.2) is 0 Å². The molecule has 19 heavy (non-hydrogen) atoms. The van der Waals surface area contributed by atoms with E-state index in [4.69, 9.17) is 0 Å². The fourth-order valence-corrected chi connectivity index (χ4v) is 1.61. The molecular weight excluding hydrogens is 242 g/mol. The van der Waals surface area contributed by atoms with Gasteiger partial charge in [0.1, 0.15) is 6.61 Å². The van der Waals surface area contributed by atoms with Crippen molar-refractivity contribution in [1.82, 2.24) is 5.32 Å². The summed E-state index contributed by atoms with van der Waals surface area (Å²) in [6.07, 6.45) is 5.01. The van der Waals surface area contributed by atoms with Gasteiger partial charge < -0.3 is 10.1 Å². The van der Waals surface area contributed by atoms with Crippen LogP contribution in [0.15, 0.2) is 42.6 Å². The Morgan fingerprint density at radius 3 is 2.63 bits per heavy atom. The summed E-state index contributed by atoms with van der Waals surface area (Å²) in [6, 6.07) is 9.92. The summed E-state index contributed by atoms with van der Waals surface area (Å²) < 4.78 is 4.54. The number of carbonyl (C=O) groups is 2. The van der Waals surface area contributed by atoms with Gasteiger partial charge >= 0.3 is 0 Å². The molecule has 1 unspecified atom stereocenters. The van der Waals surface area contributed by atoms with Crippen molar-refractivity contribution in [3.63, 3.8) is 0 Å². The van der Waals surface area contributed by atoms with Crippen LogP contribution in [0.4, 0.5) is 0 Å². The molecule has 0 aromatic heterocycles. The van der Waals surface area contributed by atoms with Crippen molar-refractivity contribution >= 4 is 12.3 Å². The van der Waals surface area contributed by atoms with E-state index >= 15 is 0 Å². The van der Waals surface area contributed by atoms with Crippen LogP contribution in [0.25, 0.3) is 0 Å². The summed E-state index contributed by atoms with van der Waals surface area (Å²) in [4.78, 5) is 20.5. The van der Waals surface area contributed by atoms with Crippen LogP contribution in [0.5, 0.6) is 0 Å². The summed E-state index contributed by atoms with van der Waals surface area (Å²) in [5, 5.41) is 3.10. The van der Waals surface area contributed by atoms with Crippen LogP contribution in [0, 0.1) is 0 Å². The highest BCUT2D eigenvalue weighted by Crippen LogP contribution is 2.03. The first-order valence-corrected chi connectivity index (χ1v) is 6.30. The van der Waals surface area contributed by atoms with Crippen molar-refractivity contribution in [2.45, 2.75) is 32.4 Å². The van der Waals surface area contributed by atoms with Crippen molar-refractivity contribution in [2.24, 2.45) is 0 Å². The average Bonchev–Trinajstić information content (AvgIpc) is 2.47. The van der Waals surface area contributed by atoms with E-state index < -0.39 is 0 Å². The summed E-state index contributed by atoms with van der Waals surface area (Å²) in [5.41, 5.74) is 1.01. The Morgan fingerprint density at radius 2 is 2.11 bits per heavy atom. The molecule has 0 radical (unpaired) electrons. The average molecular weight is 261 g/mol. The lowest BCUT2D eigenvalue weighted by Gasteiger charge is -2.16. The molecule has 4 heteroatoms. The largest absolute Gasteiger partial charge is 0.463 e. The van der Waals surface area contributed by atoms with E-state index in [-0.39, 0.29) is 5.78 Å². The van der Waals surface area contributed by atoms with Gasteiger partial charge in [-0.2, -0.15) is 0 Å². The number of ketones is 1. The number of hydrogen-bond donors (Lipinski definition) is 1. The Hall–Kier alpha value is -2.10. The lowest BCUT2D eigenvalue weighted by molar-refractivity contribution is -0.129. The molecule has 2 rings (SSSR count). The molecule has 0 amide bonds. The highest BCUT2D eigenvalue weighted by atomic mass is 16.5. The first kappa shape index (κ1) is 15.0. The van der Waals surface area contributed by atoms with Crippen LogP contribution in [-0.4, -0.2) is 18.3 Å². The zero-order valence-electron chi connectivity index (χ0n) is 11.0. The standard InChI is InChI=1S/C8H8O2.C7H11NO/c9-7-10-6-8-4-2-1-3-5-8;1-2-6-5-7(9)3-4-8-6/h1-5,7H,6H2;3-4,6,8H,2,5H2,1H3. The normalized spacial score (nSPS) is 16.9. The van der Waals surface area contributed by atoms with Crippen LogP contribution in [0.2, 0.25) is 0 Å². The highest BCUT2D eigenvalue weighted by Gasteiger charge is 2.11. The predicted molar refractivity (Wildman–Crippen MR) is 73.3 cm³/mol. The molecule has 0 aliphatic carbocycles. The molecule has 4 nitrogen and oxygen atoms in total. The van der Waals surface area contributed by atoms with E-state index in [0.29, 0.717) is 25.5 Å². The van der Waals surface area contributed by atoms with E-state index in [2.05, 4.69) is 17.0 Å². The van der Waals surface area contributed by atoms with Gasteiger partial charge in [0.05, 0.1) is 0 Å². The second-order valence-electron chi connectivity index (χ2n) is 4.17. The maximum atomic E-state index is 10.7. The Bertz CT molecular complexity index is 415. The molecule has 1 aromatic rings. The fourth-order valence-electron chi connectivity index (χ4n) is 1.61. The van der Waals surface area contributed by atoms with Crippen LogP contribution < -0.4 is 5.32 Å². The number of rotatable bonds is 4. The zero-order chi connectivity index (χ0) is 13.9. The van der Waals surface area contributed by atoms with Gasteiger partial charge in [-0.3, -0.25) is 9.59 Å². The molecule has 0 bridgehead atoms. The van der Waals surface area contributed by atoms with E-state index in [9.17, 15) is 9.59 Å². The topological polar surface area (TPSA) is 55.4 Å². The smallest absolute Gasteiger partial charge is 0.293 e. The molecule has 1 atom stereocenters. The van der Waals surface area contributed by atoms with Crippen molar-refractivity contribution in [2.75, 3.05) is 0 Å². The summed E-state index contributed by atoms with van der Waals surface area (Å²) in [5.74, 6) is 0.237. The second kappa shape index (κ2) is 8.91. The van der Waals surface area contributed by atoms with Crippen LogP contribution >= 0.6 is 0 Å². The zero-order valence-corrected chi connectivity index (χ0v) is 11.0. The van der Waals surface area contributed by atoms with Crippen molar-refractivity contribution in [3.8, 4) is 0 Å². The third kappa shape index (κ3) is 6.41. The minimum atomic E-state index is 0.237. The number of hydrogen-bond acceptors (Lipinski definition) is 4. The van der Waals surface area contributed by atoms with E-state index in [1.54, 1.807) is 12.3 Å². The van der Waals surface area contributed by atoms with Crippen LogP contribution in [0.1, 0.15) is 25.3 Å². The fraction of sp³-hybridized carbons (Fsp3) is 0.333. The van der Waals surface area contributed by atoms with E-state index in [1.807, 2.05) is 30.3 Å². The molecule has 102 valence electrons. The number of nitrogens with one attached hydrogen (secondary N) is 1. The van der Waals surface area contributed by atoms with Crippen molar-refractivity contribution in [1.29, 1.82) is 0 Å². The molecule has 1 aliphatic heterocycles. The van der Waals surface area contributed by atoms with Gasteiger partial charge in [0.2, 0.25) is 0 Å². The SMILES string of the molecule is CCC1CC(=O)C=CN1.O=COCc1ccccc1. The van der Waals surface area contributed by atoms with E-state index in [1.165, 1.54) is 0 Å². The summed E-state index contributed by atoms with van der Waals surface area (Å²) in [6.45, 7) is 2.89. The maximum absolute atomic E-state index is 10.7. The third-order valence-electron chi connectivity index (χ3n) is 2.70. The van der Waals surface area contributed by atoms with Gasteiger partial charge in [0, 0.05) is 18.7 Å². The lowest BCUT2D eigenvalue weighted by atomic mass is 10.1. The molecular formula is C15H19NO3. The molecule has 1 aromatic carbocycles. The number of allylic oxidation sites excluding steroid dienone is 1. The molecule has 0 fully saturated rings. The molecule has 1 heterocycles. The van der Waals surface area contributed by atoms with Crippen LogP contribution in [0.3, 0.4) is 0 Å². The molecule has 1 aliphatic rings. The van der Waals surface area contributed by atoms with Gasteiger partial charge in [0.25, 0.3) is 6.47 Å². The molecule has 0 saturated heterocycles. The number of carbonyl (C=O) groups excluding carboxylic acids is 2. The van der Waals surface area contributed by atoms with Gasteiger partial charge in [-0.1, -0.05) is 37.3 Å². The van der Waals surface area contributed by atoms with Crippen LogP contribution in [-0.2, 0) is 20.9 Å². The first-order valence-electron chi connectivity index (χ1n) is 6.30. The van der Waals surface area contributed by atoms with Crippen molar-refractivity contribution < 1.29 is 14.3 Å². The Kier molecular flexibility index (Phi) is 7.02. The van der Waals surface area contributed by atoms with Crippen molar-refractivity contribution in [3.05, 3.63) is 48.2 Å². The molecule has 0 spiro atoms. The third-order valence-corrected chi connectivity index (χ3v) is 2.70. The minimum Gasteiger partial charge on any atom is -0.463 e. The van der Waals surface area contributed by atoms with Gasteiger partial charge in [-0.05, 0) is 18.1 Å². The Labute approximate surface area is 113 Å². The summed E-state index contributed by atoms with van der Waals surface area (Å²) >= 11 is 0. The first-order chi connectivity index (χ1) is 9.26. The monoisotopic (exact) mass is 261 g/mol. The number of benzene rings is 1. The molecule has 1 N–H and O–H groups in total. The van der Waals surface area contributed by atoms with Gasteiger partial charge in [0.15, 0.2) is 5.78 Å². The second-order valence-corrected chi connectivity index (χ2v) is 4.17. The molecule has 0 saturated carbocycles. The lowest BCUT2D eigenvalue weighted by Crippen LogP contribution is -2.29.